The highest BCUT2D eigenvalue weighted by atomic mass is 79.9. The van der Waals surface area contributed by atoms with E-state index < -0.39 is 0 Å². The Balaban J connectivity index is 2.53. The lowest BCUT2D eigenvalue weighted by molar-refractivity contribution is 0.576. The van der Waals surface area contributed by atoms with Crippen molar-refractivity contribution in [2.45, 2.75) is 20.3 Å². The highest BCUT2D eigenvalue weighted by Gasteiger charge is 2.10. The molecule has 0 amide bonds. The van der Waals surface area contributed by atoms with Gasteiger partial charge in [0.15, 0.2) is 11.6 Å². The summed E-state index contributed by atoms with van der Waals surface area (Å²) in [7, 11) is 0. The van der Waals surface area contributed by atoms with Crippen molar-refractivity contribution in [3.05, 3.63) is 34.3 Å². The van der Waals surface area contributed by atoms with Crippen LogP contribution in [-0.2, 0) is 6.42 Å². The number of aromatic nitrogens is 2. The van der Waals surface area contributed by atoms with E-state index in [1.54, 1.807) is 6.26 Å². The second-order valence-corrected chi connectivity index (χ2v) is 3.98. The Labute approximate surface area is 96.7 Å². The zero-order valence-corrected chi connectivity index (χ0v) is 10.2. The lowest BCUT2D eigenvalue weighted by Gasteiger charge is -2.06. The fourth-order valence-electron chi connectivity index (χ4n) is 1.48. The number of aryl methyl sites for hydroxylation is 1. The molecule has 0 aliphatic heterocycles. The van der Waals surface area contributed by atoms with Gasteiger partial charge in [-0.25, -0.2) is 9.97 Å². The first kappa shape index (κ1) is 10.4. The minimum absolute atomic E-state index is 0.626. The number of rotatable bonds is 2. The monoisotopic (exact) mass is 266 g/mol. The summed E-state index contributed by atoms with van der Waals surface area (Å²) in [5.41, 5.74) is 2.14. The number of halogens is 1. The summed E-state index contributed by atoms with van der Waals surface area (Å²) in [6, 6.07) is 3.68. The maximum atomic E-state index is 5.26. The van der Waals surface area contributed by atoms with Crippen LogP contribution in [0, 0.1) is 6.92 Å². The average Bonchev–Trinajstić information content (AvgIpc) is 2.69. The van der Waals surface area contributed by atoms with Crippen LogP contribution in [0.4, 0.5) is 0 Å². The predicted octanol–water partition coefficient (Wildman–Crippen LogP) is 3.37. The van der Waals surface area contributed by atoms with Crippen LogP contribution < -0.4 is 0 Å². The van der Waals surface area contributed by atoms with E-state index in [1.165, 1.54) is 0 Å². The van der Waals surface area contributed by atoms with Crippen molar-refractivity contribution in [3.8, 4) is 11.6 Å². The summed E-state index contributed by atoms with van der Waals surface area (Å²) in [5, 5.41) is 0. The quantitative estimate of drug-likeness (QED) is 0.783. The SMILES string of the molecule is CCc1c(C)nc(-c2ccco2)nc1Br. The van der Waals surface area contributed by atoms with Crippen molar-refractivity contribution < 1.29 is 4.42 Å². The summed E-state index contributed by atoms with van der Waals surface area (Å²) in [6.07, 6.45) is 2.54. The van der Waals surface area contributed by atoms with Crippen molar-refractivity contribution >= 4 is 15.9 Å². The summed E-state index contributed by atoms with van der Waals surface area (Å²) in [5.74, 6) is 1.32. The van der Waals surface area contributed by atoms with Gasteiger partial charge in [0, 0.05) is 11.3 Å². The standard InChI is InChI=1S/C11H11BrN2O/c1-3-8-7(2)13-11(14-10(8)12)9-5-4-6-15-9/h4-6H,3H2,1-2H3. The molecule has 0 bridgehead atoms. The smallest absolute Gasteiger partial charge is 0.196 e. The Morgan fingerprint density at radius 1 is 1.40 bits per heavy atom. The Bertz CT molecular complexity index is 442. The molecule has 0 aliphatic rings. The first-order valence-electron chi connectivity index (χ1n) is 4.79. The molecule has 0 aromatic carbocycles. The van der Waals surface area contributed by atoms with Gasteiger partial charge in [0.1, 0.15) is 4.60 Å². The van der Waals surface area contributed by atoms with Crippen LogP contribution in [0.2, 0.25) is 0 Å². The topological polar surface area (TPSA) is 38.9 Å². The Morgan fingerprint density at radius 2 is 2.20 bits per heavy atom. The van der Waals surface area contributed by atoms with Crippen LogP contribution in [0.5, 0.6) is 0 Å². The predicted molar refractivity (Wildman–Crippen MR) is 61.5 cm³/mol. The van der Waals surface area contributed by atoms with E-state index in [4.69, 9.17) is 4.42 Å². The Morgan fingerprint density at radius 3 is 2.73 bits per heavy atom. The molecular weight excluding hydrogens is 256 g/mol. The molecule has 4 heteroatoms. The third-order valence-electron chi connectivity index (χ3n) is 2.26. The van der Waals surface area contributed by atoms with Crippen LogP contribution >= 0.6 is 15.9 Å². The second kappa shape index (κ2) is 4.14. The van der Waals surface area contributed by atoms with Gasteiger partial charge in [0.05, 0.1) is 6.26 Å². The molecule has 0 spiro atoms. The third-order valence-corrected chi connectivity index (χ3v) is 2.91. The molecular formula is C11H11BrN2O. The molecule has 78 valence electrons. The minimum atomic E-state index is 0.626. The van der Waals surface area contributed by atoms with Crippen molar-refractivity contribution in [2.75, 3.05) is 0 Å². The van der Waals surface area contributed by atoms with E-state index in [-0.39, 0.29) is 0 Å². The summed E-state index contributed by atoms with van der Waals surface area (Å²) in [6.45, 7) is 4.07. The van der Waals surface area contributed by atoms with Crippen LogP contribution in [-0.4, -0.2) is 9.97 Å². The van der Waals surface area contributed by atoms with E-state index in [2.05, 4.69) is 32.8 Å². The van der Waals surface area contributed by atoms with Gasteiger partial charge in [-0.1, -0.05) is 6.92 Å². The average molecular weight is 267 g/mol. The maximum Gasteiger partial charge on any atom is 0.196 e. The Kier molecular flexibility index (Phi) is 2.86. The van der Waals surface area contributed by atoms with Crippen LogP contribution in [0.25, 0.3) is 11.6 Å². The molecule has 2 rings (SSSR count). The van der Waals surface area contributed by atoms with Gasteiger partial charge in [-0.2, -0.15) is 0 Å². The summed E-state index contributed by atoms with van der Waals surface area (Å²) in [4.78, 5) is 8.77. The molecule has 0 fully saturated rings. The summed E-state index contributed by atoms with van der Waals surface area (Å²) >= 11 is 3.45. The van der Waals surface area contributed by atoms with Crippen LogP contribution in [0.15, 0.2) is 27.4 Å². The zero-order chi connectivity index (χ0) is 10.8. The van der Waals surface area contributed by atoms with E-state index in [0.29, 0.717) is 11.6 Å². The molecule has 3 nitrogen and oxygen atoms in total. The Hall–Kier alpha value is -1.16. The summed E-state index contributed by atoms with van der Waals surface area (Å²) < 4.78 is 6.11. The van der Waals surface area contributed by atoms with E-state index in [9.17, 15) is 0 Å². The molecule has 0 atom stereocenters. The number of hydrogen-bond donors (Lipinski definition) is 0. The highest BCUT2D eigenvalue weighted by molar-refractivity contribution is 9.10. The fourth-order valence-corrected chi connectivity index (χ4v) is 2.21. The van der Waals surface area contributed by atoms with Gasteiger partial charge in [-0.05, 0) is 41.4 Å². The van der Waals surface area contributed by atoms with Crippen LogP contribution in [0.1, 0.15) is 18.2 Å². The van der Waals surface area contributed by atoms with Gasteiger partial charge >= 0.3 is 0 Å². The van der Waals surface area contributed by atoms with Gasteiger partial charge < -0.3 is 4.42 Å². The largest absolute Gasteiger partial charge is 0.461 e. The molecule has 0 saturated carbocycles. The first-order chi connectivity index (χ1) is 7.22. The highest BCUT2D eigenvalue weighted by Crippen LogP contribution is 2.22. The number of furan rings is 1. The second-order valence-electron chi connectivity index (χ2n) is 3.23. The molecule has 0 unspecified atom stereocenters. The van der Waals surface area contributed by atoms with Gasteiger partial charge in [0.2, 0.25) is 0 Å². The lowest BCUT2D eigenvalue weighted by atomic mass is 10.2. The van der Waals surface area contributed by atoms with Gasteiger partial charge in [-0.15, -0.1) is 0 Å². The van der Waals surface area contributed by atoms with Crippen molar-refractivity contribution in [1.29, 1.82) is 0 Å². The number of nitrogens with zero attached hydrogens (tertiary/aromatic N) is 2. The molecule has 0 aliphatic carbocycles. The van der Waals surface area contributed by atoms with Crippen molar-refractivity contribution in [3.63, 3.8) is 0 Å². The van der Waals surface area contributed by atoms with E-state index >= 15 is 0 Å². The fraction of sp³-hybridized carbons (Fsp3) is 0.273. The van der Waals surface area contributed by atoms with Gasteiger partial charge in [0.25, 0.3) is 0 Å². The van der Waals surface area contributed by atoms with Crippen molar-refractivity contribution in [2.24, 2.45) is 0 Å². The maximum absolute atomic E-state index is 5.26. The lowest BCUT2D eigenvalue weighted by Crippen LogP contribution is -1.98. The molecule has 0 saturated heterocycles. The normalized spacial score (nSPS) is 10.6. The van der Waals surface area contributed by atoms with E-state index in [1.807, 2.05) is 19.1 Å². The first-order valence-corrected chi connectivity index (χ1v) is 5.58. The molecule has 2 aromatic heterocycles. The van der Waals surface area contributed by atoms with E-state index in [0.717, 1.165) is 22.3 Å². The molecule has 2 heterocycles. The zero-order valence-electron chi connectivity index (χ0n) is 8.62. The molecule has 15 heavy (non-hydrogen) atoms. The third kappa shape index (κ3) is 1.95. The minimum Gasteiger partial charge on any atom is -0.461 e. The van der Waals surface area contributed by atoms with Crippen molar-refractivity contribution in [1.82, 2.24) is 9.97 Å². The van der Waals surface area contributed by atoms with Crippen LogP contribution in [0.3, 0.4) is 0 Å². The number of hydrogen-bond acceptors (Lipinski definition) is 3. The molecule has 0 radical (unpaired) electrons. The molecule has 2 aromatic rings. The molecule has 0 N–H and O–H groups in total. The van der Waals surface area contributed by atoms with Gasteiger partial charge in [-0.3, -0.25) is 0 Å².